The third-order valence-electron chi connectivity index (χ3n) is 2.98. The smallest absolute Gasteiger partial charge is 0.225 e. The molecule has 0 amide bonds. The Labute approximate surface area is 139 Å². The van der Waals surface area contributed by atoms with Crippen LogP contribution in [0.3, 0.4) is 0 Å². The first-order valence-electron chi connectivity index (χ1n) is 7.01. The number of methoxy groups -OCH3 is 1. The van der Waals surface area contributed by atoms with Crippen LogP contribution in [0, 0.1) is 0 Å². The number of ether oxygens (including phenoxy) is 1. The van der Waals surface area contributed by atoms with Crippen molar-refractivity contribution in [2.75, 3.05) is 31.9 Å². The van der Waals surface area contributed by atoms with E-state index in [1.807, 2.05) is 0 Å². The van der Waals surface area contributed by atoms with Crippen molar-refractivity contribution in [1.29, 1.82) is 0 Å². The van der Waals surface area contributed by atoms with Crippen LogP contribution in [0.5, 0.6) is 5.75 Å². The van der Waals surface area contributed by atoms with Crippen LogP contribution in [0.2, 0.25) is 0 Å². The average Bonchev–Trinajstić information content (AvgIpc) is 2.53. The predicted molar refractivity (Wildman–Crippen MR) is 85.8 cm³/mol. The van der Waals surface area contributed by atoms with Crippen molar-refractivity contribution in [2.45, 2.75) is 24.2 Å². The number of piperidine rings is 1. The van der Waals surface area contributed by atoms with Gasteiger partial charge in [-0.05, 0) is 12.8 Å². The van der Waals surface area contributed by atoms with Crippen molar-refractivity contribution < 1.29 is 22.5 Å². The summed E-state index contributed by atoms with van der Waals surface area (Å²) < 4.78 is 32.4. The summed E-state index contributed by atoms with van der Waals surface area (Å²) >= 11 is 1.00. The zero-order valence-corrected chi connectivity index (χ0v) is 14.6. The van der Waals surface area contributed by atoms with Gasteiger partial charge < -0.3 is 4.74 Å². The fraction of sp³-hybridized carbons (Fsp3) is 0.583. The predicted octanol–water partition coefficient (Wildman–Crippen LogP) is 1.32. The summed E-state index contributed by atoms with van der Waals surface area (Å²) in [5, 5.41) is 1.77. The molecule has 2 N–H and O–H groups in total. The van der Waals surface area contributed by atoms with Crippen LogP contribution >= 0.6 is 12.0 Å². The van der Waals surface area contributed by atoms with Crippen molar-refractivity contribution in [2.24, 2.45) is 0 Å². The second kappa shape index (κ2) is 8.66. The molecule has 1 aliphatic rings. The van der Waals surface area contributed by atoms with Crippen LogP contribution in [-0.2, 0) is 19.3 Å². The highest BCUT2D eigenvalue weighted by Crippen LogP contribution is 2.28. The van der Waals surface area contributed by atoms with Crippen LogP contribution in [0.15, 0.2) is 17.2 Å². The van der Waals surface area contributed by atoms with E-state index in [4.69, 9.17) is 14.1 Å². The summed E-state index contributed by atoms with van der Waals surface area (Å²) in [7, 11) is -1.94. The average molecular weight is 364 g/mol. The third-order valence-corrected chi connectivity index (χ3v) is 4.00. The molecule has 1 saturated heterocycles. The molecule has 0 radical (unpaired) electrons. The lowest BCUT2D eigenvalue weighted by atomic mass is 10.2. The number of anilines is 1. The number of hydrogen-bond acceptors (Lipinski definition) is 9. The minimum absolute atomic E-state index is 0.249. The van der Waals surface area contributed by atoms with Gasteiger partial charge in [0.2, 0.25) is 10.0 Å². The highest BCUT2D eigenvalue weighted by Gasteiger charge is 2.13. The molecule has 130 valence electrons. The maximum absolute atomic E-state index is 11.1. The zero-order valence-electron chi connectivity index (χ0n) is 12.9. The van der Waals surface area contributed by atoms with Gasteiger partial charge in [-0.25, -0.2) is 13.4 Å². The number of hydrogen-bond donors (Lipinski definition) is 2. The topological polar surface area (TPSA) is 102 Å². The van der Waals surface area contributed by atoms with E-state index in [0.717, 1.165) is 44.2 Å². The Kier molecular flexibility index (Phi) is 6.87. The number of nitrogens with one attached hydrogen (secondary N) is 2. The Balaban J connectivity index is 1.87. The van der Waals surface area contributed by atoms with Crippen LogP contribution in [0.4, 0.5) is 5.82 Å². The largest absolute Gasteiger partial charge is 0.493 e. The Hall–Kier alpha value is -1.11. The molecule has 1 aliphatic heterocycles. The lowest BCUT2D eigenvalue weighted by molar-refractivity contribution is -0.363. The van der Waals surface area contributed by atoms with Gasteiger partial charge >= 0.3 is 0 Å². The Morgan fingerprint density at radius 2 is 2.04 bits per heavy atom. The Bertz CT molecular complexity index is 607. The molecule has 1 aromatic heterocycles. The Morgan fingerprint density at radius 3 is 2.70 bits per heavy atom. The maximum Gasteiger partial charge on any atom is 0.225 e. The molecule has 0 bridgehead atoms. The van der Waals surface area contributed by atoms with Gasteiger partial charge in [0.1, 0.15) is 0 Å². The van der Waals surface area contributed by atoms with Gasteiger partial charge in [-0.2, -0.15) is 5.06 Å². The maximum atomic E-state index is 11.1. The molecule has 2 heterocycles. The van der Waals surface area contributed by atoms with E-state index in [1.165, 1.54) is 19.7 Å². The number of nitrogens with zero attached hydrogens (tertiary/aromatic N) is 2. The Morgan fingerprint density at radius 1 is 1.30 bits per heavy atom. The van der Waals surface area contributed by atoms with Crippen LogP contribution < -0.4 is 15.0 Å². The molecule has 1 fully saturated rings. The van der Waals surface area contributed by atoms with Gasteiger partial charge in [0.15, 0.2) is 11.6 Å². The minimum Gasteiger partial charge on any atom is -0.493 e. The van der Waals surface area contributed by atoms with Crippen molar-refractivity contribution >= 4 is 27.9 Å². The molecule has 11 heteroatoms. The van der Waals surface area contributed by atoms with Crippen molar-refractivity contribution in [3.8, 4) is 5.75 Å². The normalized spacial score (nSPS) is 16.3. The summed E-state index contributed by atoms with van der Waals surface area (Å²) in [5.74, 6) is 0.618. The molecule has 0 spiro atoms. The van der Waals surface area contributed by atoms with Gasteiger partial charge in [-0.3, -0.25) is 5.43 Å². The molecule has 0 aliphatic carbocycles. The van der Waals surface area contributed by atoms with E-state index in [9.17, 15) is 8.42 Å². The van der Waals surface area contributed by atoms with Gasteiger partial charge in [0.05, 0.1) is 30.3 Å². The molecule has 9 nitrogen and oxygen atoms in total. The van der Waals surface area contributed by atoms with Gasteiger partial charge in [-0.1, -0.05) is 6.42 Å². The molecule has 2 rings (SSSR count). The van der Waals surface area contributed by atoms with E-state index < -0.39 is 10.0 Å². The standard InChI is InChI=1S/C12H20N4O5S2/c1-19-11-8-10(9-13-12(11)14-15-23(2,17)18)22-21-20-16-6-4-3-5-7-16/h8-9,15H,3-7H2,1-2H3,(H,13,14). The lowest BCUT2D eigenvalue weighted by Gasteiger charge is -2.23. The molecule has 23 heavy (non-hydrogen) atoms. The SMILES string of the molecule is COc1cc(SOON2CCCCC2)cnc1NNS(C)(=O)=O. The number of hydrazine groups is 1. The third kappa shape index (κ3) is 6.49. The number of hydroxylamine groups is 2. The summed E-state index contributed by atoms with van der Waals surface area (Å²) in [6, 6.07) is 1.66. The summed E-state index contributed by atoms with van der Waals surface area (Å²) in [6.07, 6.45) is 5.94. The van der Waals surface area contributed by atoms with E-state index in [0.29, 0.717) is 10.6 Å². The van der Waals surface area contributed by atoms with E-state index in [2.05, 4.69) is 15.2 Å². The van der Waals surface area contributed by atoms with Crippen molar-refractivity contribution in [3.05, 3.63) is 12.3 Å². The first-order chi connectivity index (χ1) is 11.0. The van der Waals surface area contributed by atoms with Gasteiger partial charge in [-0.15, -0.1) is 14.2 Å². The molecular formula is C12H20N4O5S2. The van der Waals surface area contributed by atoms with Crippen LogP contribution in [0.1, 0.15) is 19.3 Å². The highest BCUT2D eigenvalue weighted by atomic mass is 32.2. The lowest BCUT2D eigenvalue weighted by Crippen LogP contribution is -2.29. The molecule has 0 atom stereocenters. The summed E-state index contributed by atoms with van der Waals surface area (Å²) in [6.45, 7) is 1.70. The number of rotatable bonds is 8. The van der Waals surface area contributed by atoms with Gasteiger partial charge in [0, 0.05) is 25.4 Å². The van der Waals surface area contributed by atoms with E-state index in [1.54, 1.807) is 11.1 Å². The monoisotopic (exact) mass is 364 g/mol. The van der Waals surface area contributed by atoms with E-state index in [-0.39, 0.29) is 5.82 Å². The second-order valence-corrected chi connectivity index (χ2v) is 7.46. The minimum atomic E-state index is -3.40. The quantitative estimate of drug-likeness (QED) is 0.402. The second-order valence-electron chi connectivity index (χ2n) is 4.94. The molecule has 0 aromatic carbocycles. The number of sulfonamides is 1. The molecule has 0 unspecified atom stereocenters. The molecular weight excluding hydrogens is 344 g/mol. The molecule has 1 aromatic rings. The number of pyridine rings is 1. The summed E-state index contributed by atoms with van der Waals surface area (Å²) in [4.78, 5) is 12.1. The number of aromatic nitrogens is 1. The van der Waals surface area contributed by atoms with Gasteiger partial charge in [0.25, 0.3) is 0 Å². The highest BCUT2D eigenvalue weighted by molar-refractivity contribution is 7.94. The first-order valence-corrected chi connectivity index (χ1v) is 9.64. The van der Waals surface area contributed by atoms with Crippen LogP contribution in [-0.4, -0.2) is 44.9 Å². The van der Waals surface area contributed by atoms with E-state index >= 15 is 0 Å². The fourth-order valence-corrected chi connectivity index (χ4v) is 2.63. The van der Waals surface area contributed by atoms with Crippen molar-refractivity contribution in [1.82, 2.24) is 14.9 Å². The molecule has 0 saturated carbocycles. The van der Waals surface area contributed by atoms with Crippen LogP contribution in [0.25, 0.3) is 0 Å². The fourth-order valence-electron chi connectivity index (χ4n) is 1.90. The zero-order chi connectivity index (χ0) is 16.7. The first kappa shape index (κ1) is 18.2. The van der Waals surface area contributed by atoms with Crippen molar-refractivity contribution in [3.63, 3.8) is 0 Å². The summed E-state index contributed by atoms with van der Waals surface area (Å²) in [5.41, 5.74) is 2.48.